The summed E-state index contributed by atoms with van der Waals surface area (Å²) < 4.78 is 37.2. The molecular formula is C15H23NO5S. The second kappa shape index (κ2) is 7.21. The molecule has 0 bridgehead atoms. The van der Waals surface area contributed by atoms with Crippen molar-refractivity contribution in [2.45, 2.75) is 44.2 Å². The van der Waals surface area contributed by atoms with E-state index in [2.05, 4.69) is 9.46 Å². The lowest BCUT2D eigenvalue weighted by atomic mass is 10.2. The Morgan fingerprint density at radius 1 is 1.32 bits per heavy atom. The van der Waals surface area contributed by atoms with Crippen LogP contribution in [0.1, 0.15) is 26.3 Å². The average Bonchev–Trinajstić information content (AvgIpc) is 2.41. The first kappa shape index (κ1) is 18.6. The van der Waals surface area contributed by atoms with Gasteiger partial charge >= 0.3 is 5.97 Å². The van der Waals surface area contributed by atoms with Gasteiger partial charge in [0.05, 0.1) is 24.2 Å². The third-order valence-corrected chi connectivity index (χ3v) is 4.24. The number of aryl methyl sites for hydroxylation is 1. The Hall–Kier alpha value is -1.44. The number of benzene rings is 1. The summed E-state index contributed by atoms with van der Waals surface area (Å²) in [5, 5.41) is 0. The van der Waals surface area contributed by atoms with Crippen LogP contribution in [0.5, 0.6) is 0 Å². The minimum Gasteiger partial charge on any atom is -0.468 e. The highest BCUT2D eigenvalue weighted by atomic mass is 32.2. The summed E-state index contributed by atoms with van der Waals surface area (Å²) in [6, 6.07) is 5.33. The van der Waals surface area contributed by atoms with Crippen LogP contribution < -0.4 is 4.72 Å². The van der Waals surface area contributed by atoms with Crippen molar-refractivity contribution in [3.8, 4) is 0 Å². The monoisotopic (exact) mass is 329 g/mol. The van der Waals surface area contributed by atoms with Gasteiger partial charge in [-0.1, -0.05) is 12.1 Å². The van der Waals surface area contributed by atoms with Crippen LogP contribution in [0.2, 0.25) is 0 Å². The van der Waals surface area contributed by atoms with Gasteiger partial charge in [-0.3, -0.25) is 4.79 Å². The van der Waals surface area contributed by atoms with Gasteiger partial charge in [0, 0.05) is 0 Å². The zero-order valence-corrected chi connectivity index (χ0v) is 14.4. The normalized spacial score (nSPS) is 13.7. The summed E-state index contributed by atoms with van der Waals surface area (Å²) in [5.74, 6) is -0.694. The second-order valence-corrected chi connectivity index (χ2v) is 7.65. The molecule has 1 atom stereocenters. The molecule has 22 heavy (non-hydrogen) atoms. The third kappa shape index (κ3) is 5.75. The molecule has 0 aliphatic rings. The smallest absolute Gasteiger partial charge is 0.326 e. The van der Waals surface area contributed by atoms with Crippen LogP contribution in [-0.2, 0) is 24.3 Å². The van der Waals surface area contributed by atoms with Crippen molar-refractivity contribution in [3.63, 3.8) is 0 Å². The Morgan fingerprint density at radius 2 is 1.95 bits per heavy atom. The fourth-order valence-corrected chi connectivity index (χ4v) is 2.94. The molecule has 6 nitrogen and oxygen atoms in total. The van der Waals surface area contributed by atoms with Gasteiger partial charge in [0.2, 0.25) is 10.0 Å². The fourth-order valence-electron chi connectivity index (χ4n) is 1.66. The van der Waals surface area contributed by atoms with E-state index in [0.717, 1.165) is 5.56 Å². The number of carbonyl (C=O) groups excluding carboxylic acids is 1. The van der Waals surface area contributed by atoms with Gasteiger partial charge < -0.3 is 9.47 Å². The van der Waals surface area contributed by atoms with Crippen LogP contribution in [0, 0.1) is 6.92 Å². The summed E-state index contributed by atoms with van der Waals surface area (Å²) in [4.78, 5) is 11.9. The zero-order chi connectivity index (χ0) is 17.0. The molecule has 0 saturated heterocycles. The number of hydrogen-bond donors (Lipinski definition) is 1. The molecule has 0 heterocycles. The van der Waals surface area contributed by atoms with E-state index in [-0.39, 0.29) is 11.5 Å². The summed E-state index contributed by atoms with van der Waals surface area (Å²) in [5.41, 5.74) is 0.310. The van der Waals surface area contributed by atoms with E-state index in [9.17, 15) is 13.2 Å². The summed E-state index contributed by atoms with van der Waals surface area (Å²) >= 11 is 0. The third-order valence-electron chi connectivity index (χ3n) is 2.77. The molecule has 1 N–H and O–H groups in total. The van der Waals surface area contributed by atoms with E-state index in [1.54, 1.807) is 19.1 Å². The van der Waals surface area contributed by atoms with Crippen molar-refractivity contribution in [2.75, 3.05) is 13.7 Å². The van der Waals surface area contributed by atoms with E-state index in [1.165, 1.54) is 19.2 Å². The number of hydrogen-bond acceptors (Lipinski definition) is 5. The average molecular weight is 329 g/mol. The van der Waals surface area contributed by atoms with Crippen molar-refractivity contribution >= 4 is 16.0 Å². The van der Waals surface area contributed by atoms with Gasteiger partial charge in [-0.15, -0.1) is 0 Å². The van der Waals surface area contributed by atoms with Gasteiger partial charge in [-0.2, -0.15) is 4.72 Å². The number of methoxy groups -OCH3 is 1. The minimum absolute atomic E-state index is 0.0946. The number of ether oxygens (including phenoxy) is 2. The van der Waals surface area contributed by atoms with Crippen LogP contribution in [0.25, 0.3) is 0 Å². The molecule has 1 unspecified atom stereocenters. The Labute approximate surface area is 131 Å². The summed E-state index contributed by atoms with van der Waals surface area (Å²) in [6.45, 7) is 7.13. The molecule has 0 aromatic heterocycles. The Kier molecular flexibility index (Phi) is 6.10. The molecule has 0 amide bonds. The molecule has 0 saturated carbocycles. The Morgan fingerprint density at radius 3 is 2.45 bits per heavy atom. The van der Waals surface area contributed by atoms with Gasteiger partial charge in [0.1, 0.15) is 6.04 Å². The van der Waals surface area contributed by atoms with Crippen LogP contribution in [0.3, 0.4) is 0 Å². The number of nitrogens with one attached hydrogen (secondary N) is 1. The topological polar surface area (TPSA) is 81.7 Å². The van der Waals surface area contributed by atoms with Gasteiger partial charge in [0.25, 0.3) is 0 Å². The highest BCUT2D eigenvalue weighted by Crippen LogP contribution is 2.13. The quantitative estimate of drug-likeness (QED) is 0.802. The molecule has 1 aromatic rings. The van der Waals surface area contributed by atoms with Crippen LogP contribution in [0.15, 0.2) is 29.2 Å². The highest BCUT2D eigenvalue weighted by Gasteiger charge is 2.28. The lowest BCUT2D eigenvalue weighted by molar-refractivity contribution is -0.145. The molecule has 0 radical (unpaired) electrons. The Bertz CT molecular complexity index is 619. The SMILES string of the molecule is COC(=O)C(COC(C)(C)C)NS(=O)(=O)c1cccc(C)c1. The molecule has 0 aliphatic heterocycles. The van der Waals surface area contributed by atoms with E-state index in [0.29, 0.717) is 0 Å². The maximum absolute atomic E-state index is 12.4. The largest absolute Gasteiger partial charge is 0.468 e. The van der Waals surface area contributed by atoms with Gasteiger partial charge in [-0.05, 0) is 45.4 Å². The molecule has 0 fully saturated rings. The van der Waals surface area contributed by atoms with E-state index < -0.39 is 27.6 Å². The van der Waals surface area contributed by atoms with Crippen LogP contribution >= 0.6 is 0 Å². The standard InChI is InChI=1S/C15H23NO5S/c1-11-7-6-8-12(9-11)22(18,19)16-13(14(17)20-5)10-21-15(2,3)4/h6-9,13,16H,10H2,1-5H3. The highest BCUT2D eigenvalue weighted by molar-refractivity contribution is 7.89. The maximum Gasteiger partial charge on any atom is 0.326 e. The first-order valence-corrected chi connectivity index (χ1v) is 8.34. The predicted molar refractivity (Wildman–Crippen MR) is 83.0 cm³/mol. The van der Waals surface area contributed by atoms with Crippen molar-refractivity contribution in [2.24, 2.45) is 0 Å². The number of sulfonamides is 1. The van der Waals surface area contributed by atoms with Gasteiger partial charge in [0.15, 0.2) is 0 Å². The lowest BCUT2D eigenvalue weighted by Gasteiger charge is -2.23. The number of rotatable bonds is 6. The zero-order valence-electron chi connectivity index (χ0n) is 13.5. The van der Waals surface area contributed by atoms with Crippen molar-refractivity contribution in [3.05, 3.63) is 29.8 Å². The first-order valence-electron chi connectivity index (χ1n) is 6.86. The Balaban J connectivity index is 2.95. The van der Waals surface area contributed by atoms with Crippen molar-refractivity contribution < 1.29 is 22.7 Å². The lowest BCUT2D eigenvalue weighted by Crippen LogP contribution is -2.46. The molecule has 7 heteroatoms. The van der Waals surface area contributed by atoms with E-state index in [1.807, 2.05) is 20.8 Å². The number of carbonyl (C=O) groups is 1. The predicted octanol–water partition coefficient (Wildman–Crippen LogP) is 1.63. The minimum atomic E-state index is -3.84. The second-order valence-electron chi connectivity index (χ2n) is 5.94. The van der Waals surface area contributed by atoms with E-state index >= 15 is 0 Å². The molecule has 124 valence electrons. The van der Waals surface area contributed by atoms with Crippen molar-refractivity contribution in [1.82, 2.24) is 4.72 Å². The molecule has 1 aromatic carbocycles. The first-order chi connectivity index (χ1) is 10.0. The summed E-state index contributed by atoms with van der Waals surface area (Å²) in [6.07, 6.45) is 0. The fraction of sp³-hybridized carbons (Fsp3) is 0.533. The number of esters is 1. The maximum atomic E-state index is 12.4. The molecule has 0 aliphatic carbocycles. The molecule has 1 rings (SSSR count). The molecular weight excluding hydrogens is 306 g/mol. The summed E-state index contributed by atoms with van der Waals surface area (Å²) in [7, 11) is -2.63. The van der Waals surface area contributed by atoms with Crippen molar-refractivity contribution in [1.29, 1.82) is 0 Å². The molecule has 0 spiro atoms. The van der Waals surface area contributed by atoms with E-state index in [4.69, 9.17) is 4.74 Å². The van der Waals surface area contributed by atoms with Crippen LogP contribution in [0.4, 0.5) is 0 Å². The van der Waals surface area contributed by atoms with Crippen LogP contribution in [-0.4, -0.2) is 39.7 Å². The van der Waals surface area contributed by atoms with Gasteiger partial charge in [-0.25, -0.2) is 8.42 Å².